The van der Waals surface area contributed by atoms with Crippen molar-refractivity contribution in [2.75, 3.05) is 11.9 Å². The van der Waals surface area contributed by atoms with E-state index in [9.17, 15) is 4.39 Å². The number of nitrogens with one attached hydrogen (secondary N) is 1. The normalized spacial score (nSPS) is 10.8. The highest BCUT2D eigenvalue weighted by Gasteiger charge is 2.12. The highest BCUT2D eigenvalue weighted by atomic mass is 35.5. The molecule has 140 valence electrons. The first-order valence-corrected chi connectivity index (χ1v) is 8.95. The Hall–Kier alpha value is -3.32. The molecule has 0 aliphatic carbocycles. The van der Waals surface area contributed by atoms with Gasteiger partial charge in [0, 0.05) is 16.6 Å². The summed E-state index contributed by atoms with van der Waals surface area (Å²) >= 11 is 5.91. The number of benzene rings is 2. The molecule has 2 heterocycles. The van der Waals surface area contributed by atoms with Crippen LogP contribution in [0.15, 0.2) is 54.9 Å². The zero-order valence-corrected chi connectivity index (χ0v) is 15.6. The smallest absolute Gasteiger partial charge is 0.163 e. The van der Waals surface area contributed by atoms with Gasteiger partial charge in [-0.05, 0) is 49.4 Å². The average molecular weight is 396 g/mol. The van der Waals surface area contributed by atoms with Crippen molar-refractivity contribution in [3.63, 3.8) is 0 Å². The molecular weight excluding hydrogens is 381 g/mol. The minimum Gasteiger partial charge on any atom is -0.494 e. The van der Waals surface area contributed by atoms with E-state index >= 15 is 0 Å². The van der Waals surface area contributed by atoms with Crippen LogP contribution >= 0.6 is 11.6 Å². The first-order valence-electron chi connectivity index (χ1n) is 8.58. The van der Waals surface area contributed by atoms with Crippen molar-refractivity contribution in [2.45, 2.75) is 6.92 Å². The number of fused-ring (bicyclic) bond motifs is 1. The fourth-order valence-electron chi connectivity index (χ4n) is 2.72. The van der Waals surface area contributed by atoms with Crippen LogP contribution in [0.4, 0.5) is 15.9 Å². The van der Waals surface area contributed by atoms with Gasteiger partial charge in [0.25, 0.3) is 0 Å². The second-order valence-electron chi connectivity index (χ2n) is 5.89. The second-order valence-corrected chi connectivity index (χ2v) is 6.30. The van der Waals surface area contributed by atoms with Crippen molar-refractivity contribution in [1.82, 2.24) is 20.2 Å². The summed E-state index contributed by atoms with van der Waals surface area (Å²) in [6.07, 6.45) is 3.17. The van der Waals surface area contributed by atoms with Crippen LogP contribution in [0, 0.1) is 5.82 Å². The second kappa shape index (κ2) is 7.74. The van der Waals surface area contributed by atoms with Crippen molar-refractivity contribution < 1.29 is 9.13 Å². The lowest BCUT2D eigenvalue weighted by molar-refractivity contribution is 0.340. The summed E-state index contributed by atoms with van der Waals surface area (Å²) < 4.78 is 19.1. The maximum absolute atomic E-state index is 13.5. The van der Waals surface area contributed by atoms with E-state index < -0.39 is 5.82 Å². The van der Waals surface area contributed by atoms with Gasteiger partial charge in [-0.15, -0.1) is 0 Å². The van der Waals surface area contributed by atoms with Crippen molar-refractivity contribution >= 4 is 34.0 Å². The quantitative estimate of drug-likeness (QED) is 0.511. The Morgan fingerprint density at radius 3 is 2.71 bits per heavy atom. The third-order valence-electron chi connectivity index (χ3n) is 4.00. The van der Waals surface area contributed by atoms with Gasteiger partial charge in [-0.1, -0.05) is 11.6 Å². The summed E-state index contributed by atoms with van der Waals surface area (Å²) in [5.74, 6) is 1.25. The molecule has 8 heteroatoms. The van der Waals surface area contributed by atoms with Gasteiger partial charge in [-0.2, -0.15) is 10.2 Å². The monoisotopic (exact) mass is 395 g/mol. The number of nitrogens with zero attached hydrogens (tertiary/aromatic N) is 4. The molecule has 0 radical (unpaired) electrons. The van der Waals surface area contributed by atoms with Gasteiger partial charge in [0.15, 0.2) is 5.82 Å². The Labute approximate surface area is 165 Å². The average Bonchev–Trinajstić information content (AvgIpc) is 2.72. The van der Waals surface area contributed by atoms with Gasteiger partial charge in [-0.3, -0.25) is 0 Å². The fourth-order valence-corrected chi connectivity index (χ4v) is 2.90. The molecule has 0 aliphatic rings. The Kier molecular flexibility index (Phi) is 4.99. The third-order valence-corrected chi connectivity index (χ3v) is 4.29. The van der Waals surface area contributed by atoms with E-state index in [1.807, 2.05) is 25.1 Å². The molecule has 0 saturated carbocycles. The number of halogens is 2. The SMILES string of the molecule is CCOc1ccc2nc(-c3ccnnc3)nc(Nc3ccc(F)c(Cl)c3)c2c1. The van der Waals surface area contributed by atoms with E-state index in [1.165, 1.54) is 12.1 Å². The maximum atomic E-state index is 13.5. The van der Waals surface area contributed by atoms with E-state index in [4.69, 9.17) is 16.3 Å². The third kappa shape index (κ3) is 3.70. The van der Waals surface area contributed by atoms with E-state index in [0.29, 0.717) is 29.7 Å². The van der Waals surface area contributed by atoms with Crippen LogP contribution in [0.3, 0.4) is 0 Å². The van der Waals surface area contributed by atoms with Gasteiger partial charge >= 0.3 is 0 Å². The first-order chi connectivity index (χ1) is 13.6. The highest BCUT2D eigenvalue weighted by Crippen LogP contribution is 2.31. The summed E-state index contributed by atoms with van der Waals surface area (Å²) in [4.78, 5) is 9.26. The molecule has 0 atom stereocenters. The van der Waals surface area contributed by atoms with Crippen LogP contribution in [-0.4, -0.2) is 26.8 Å². The molecule has 28 heavy (non-hydrogen) atoms. The zero-order valence-electron chi connectivity index (χ0n) is 14.9. The summed E-state index contributed by atoms with van der Waals surface area (Å²) in [6.45, 7) is 2.46. The van der Waals surface area contributed by atoms with Gasteiger partial charge in [0.05, 0.1) is 29.5 Å². The van der Waals surface area contributed by atoms with Gasteiger partial charge in [-0.25, -0.2) is 14.4 Å². The van der Waals surface area contributed by atoms with Crippen molar-refractivity contribution in [1.29, 1.82) is 0 Å². The minimum absolute atomic E-state index is 0.0249. The minimum atomic E-state index is -0.484. The standard InChI is InChI=1S/C20H15ClFN5O/c1-2-28-14-4-6-18-15(10-14)20(25-13-3-5-17(22)16(21)9-13)27-19(26-18)12-7-8-23-24-11-12/h3-11H,2H2,1H3,(H,25,26,27). The number of hydrogen-bond acceptors (Lipinski definition) is 6. The largest absolute Gasteiger partial charge is 0.494 e. The van der Waals surface area contributed by atoms with E-state index in [1.54, 1.807) is 24.5 Å². The number of hydrogen-bond donors (Lipinski definition) is 1. The lowest BCUT2D eigenvalue weighted by Crippen LogP contribution is -2.01. The number of rotatable bonds is 5. The molecular formula is C20H15ClFN5O. The molecule has 1 N–H and O–H groups in total. The van der Waals surface area contributed by atoms with Crippen molar-refractivity contribution in [2.24, 2.45) is 0 Å². The Bertz CT molecular complexity index is 1140. The Morgan fingerprint density at radius 2 is 1.96 bits per heavy atom. The number of aromatic nitrogens is 4. The van der Waals surface area contributed by atoms with E-state index in [0.717, 1.165) is 16.5 Å². The predicted molar refractivity (Wildman–Crippen MR) is 106 cm³/mol. The fraction of sp³-hybridized carbons (Fsp3) is 0.100. The predicted octanol–water partition coefficient (Wildman–Crippen LogP) is 5.02. The molecule has 4 rings (SSSR count). The summed E-state index contributed by atoms with van der Waals surface area (Å²) in [7, 11) is 0. The van der Waals surface area contributed by atoms with Gasteiger partial charge in [0.2, 0.25) is 0 Å². The van der Waals surface area contributed by atoms with Crippen molar-refractivity contribution in [3.8, 4) is 17.1 Å². The molecule has 0 fully saturated rings. The van der Waals surface area contributed by atoms with Crippen LogP contribution in [0.5, 0.6) is 5.75 Å². The first kappa shape index (κ1) is 18.1. The topological polar surface area (TPSA) is 72.8 Å². The van der Waals surface area contributed by atoms with Crippen LogP contribution in [0.1, 0.15) is 6.92 Å². The van der Waals surface area contributed by atoms with Crippen LogP contribution in [-0.2, 0) is 0 Å². The zero-order chi connectivity index (χ0) is 19.5. The van der Waals surface area contributed by atoms with Crippen LogP contribution in [0.25, 0.3) is 22.3 Å². The number of anilines is 2. The number of ether oxygens (including phenoxy) is 1. The molecule has 6 nitrogen and oxygen atoms in total. The molecule has 0 spiro atoms. The lowest BCUT2D eigenvalue weighted by atomic mass is 10.2. The lowest BCUT2D eigenvalue weighted by Gasteiger charge is -2.12. The Balaban J connectivity index is 1.86. The van der Waals surface area contributed by atoms with Crippen molar-refractivity contribution in [3.05, 3.63) is 65.7 Å². The molecule has 2 aromatic carbocycles. The molecule has 0 bridgehead atoms. The molecule has 0 amide bonds. The van der Waals surface area contributed by atoms with E-state index in [-0.39, 0.29) is 5.02 Å². The molecule has 4 aromatic rings. The van der Waals surface area contributed by atoms with E-state index in [2.05, 4.69) is 25.5 Å². The van der Waals surface area contributed by atoms with Gasteiger partial charge in [0.1, 0.15) is 17.4 Å². The van der Waals surface area contributed by atoms with Gasteiger partial charge < -0.3 is 10.1 Å². The molecule has 0 saturated heterocycles. The van der Waals surface area contributed by atoms with Crippen LogP contribution < -0.4 is 10.1 Å². The molecule has 2 aromatic heterocycles. The summed E-state index contributed by atoms with van der Waals surface area (Å²) in [6, 6.07) is 11.8. The summed E-state index contributed by atoms with van der Waals surface area (Å²) in [5.41, 5.74) is 2.05. The van der Waals surface area contributed by atoms with Crippen LogP contribution in [0.2, 0.25) is 5.02 Å². The molecule has 0 aliphatic heterocycles. The maximum Gasteiger partial charge on any atom is 0.163 e. The Morgan fingerprint density at radius 1 is 1.07 bits per heavy atom. The molecule has 0 unspecified atom stereocenters. The summed E-state index contributed by atoms with van der Waals surface area (Å²) in [5, 5.41) is 11.7. The highest BCUT2D eigenvalue weighted by molar-refractivity contribution is 6.31.